The van der Waals surface area contributed by atoms with Crippen molar-refractivity contribution in [3.8, 4) is 0 Å². The maximum absolute atomic E-state index is 13.3. The molecule has 1 aromatic carbocycles. The molecule has 0 saturated carbocycles. The molecule has 0 fully saturated rings. The van der Waals surface area contributed by atoms with Gasteiger partial charge in [-0.3, -0.25) is 24.7 Å². The molecule has 1 N–H and O–H groups in total. The number of nitrogens with one attached hydrogen (secondary N) is 1. The molecule has 12 nitrogen and oxygen atoms in total. The number of carbonyl (C=O) groups excluding carboxylic acids is 4. The van der Waals surface area contributed by atoms with Crippen LogP contribution in [-0.2, 0) is 33.4 Å². The summed E-state index contributed by atoms with van der Waals surface area (Å²) in [7, 11) is 0. The van der Waals surface area contributed by atoms with Crippen molar-refractivity contribution < 1.29 is 38.3 Å². The first kappa shape index (κ1) is 30.5. The molecular formula is C25H31N3O9S. The lowest BCUT2D eigenvalue weighted by atomic mass is 9.75. The number of rotatable bonds is 14. The van der Waals surface area contributed by atoms with E-state index in [4.69, 9.17) is 14.2 Å². The number of esters is 3. The Kier molecular flexibility index (Phi) is 11.9. The molecule has 206 valence electrons. The Hall–Kier alpha value is -3.74. The first-order valence-corrected chi connectivity index (χ1v) is 13.2. The van der Waals surface area contributed by atoms with Gasteiger partial charge in [-0.25, -0.2) is 9.59 Å². The predicted molar refractivity (Wildman–Crippen MR) is 140 cm³/mol. The summed E-state index contributed by atoms with van der Waals surface area (Å²) in [5, 5.41) is 13.9. The first-order chi connectivity index (χ1) is 18.2. The smallest absolute Gasteiger partial charge is 0.336 e. The van der Waals surface area contributed by atoms with Crippen LogP contribution in [0.2, 0.25) is 0 Å². The van der Waals surface area contributed by atoms with Gasteiger partial charge in [-0.15, -0.1) is 0 Å². The number of nitro groups is 1. The van der Waals surface area contributed by atoms with Gasteiger partial charge in [0.1, 0.15) is 12.0 Å². The van der Waals surface area contributed by atoms with E-state index in [0.717, 1.165) is 0 Å². The predicted octanol–water partition coefficient (Wildman–Crippen LogP) is 2.56. The first-order valence-electron chi connectivity index (χ1n) is 12.0. The average Bonchev–Trinajstić information content (AvgIpc) is 2.88. The number of benzene rings is 1. The van der Waals surface area contributed by atoms with Gasteiger partial charge in [0.2, 0.25) is 6.41 Å². The maximum Gasteiger partial charge on any atom is 0.336 e. The molecule has 0 radical (unpaired) electrons. The second-order valence-electron chi connectivity index (χ2n) is 8.00. The van der Waals surface area contributed by atoms with E-state index in [1.807, 2.05) is 0 Å². The lowest BCUT2D eigenvalue weighted by molar-refractivity contribution is -0.384. The van der Waals surface area contributed by atoms with Crippen LogP contribution in [0.3, 0.4) is 0 Å². The van der Waals surface area contributed by atoms with Gasteiger partial charge in [-0.1, -0.05) is 12.1 Å². The van der Waals surface area contributed by atoms with Gasteiger partial charge in [0.05, 0.1) is 36.0 Å². The molecule has 0 aliphatic carbocycles. The van der Waals surface area contributed by atoms with Crippen molar-refractivity contribution in [1.82, 2.24) is 5.32 Å². The highest BCUT2D eigenvalue weighted by molar-refractivity contribution is 7.99. The van der Waals surface area contributed by atoms with E-state index < -0.39 is 40.7 Å². The molecule has 1 aromatic rings. The highest BCUT2D eigenvalue weighted by Gasteiger charge is 2.43. The number of amides is 1. The standard InChI is InChI=1S/C25H31N3O9S/c1-5-35-23(30)19(26-14-29)13-38-12-18-22(25(32)37-7-3)21(16-9-8-10-17(11-16)28(33)34)20(15(4)27-18)24(31)36-6-2/h8-11,14,19-21H,5-7,12-13H2,1-4H3,(H,26,29). The fraction of sp³-hybridized carbons (Fsp3) is 0.480. The SMILES string of the molecule is CCOC(=O)C1=C(CSCC(NC=O)C(=O)OCC)N=C(C)C(C(=O)OCC)C1c1cccc([N+](=O)[O-])c1. The minimum atomic E-state index is -1.02. The van der Waals surface area contributed by atoms with E-state index in [2.05, 4.69) is 10.3 Å². The molecule has 0 bridgehead atoms. The molecule has 1 aliphatic rings. The zero-order chi connectivity index (χ0) is 28.2. The third kappa shape index (κ3) is 7.63. The van der Waals surface area contributed by atoms with Crippen molar-refractivity contribution in [2.24, 2.45) is 10.9 Å². The number of carbonyl (C=O) groups is 4. The molecule has 0 aromatic heterocycles. The number of nitrogens with zero attached hydrogens (tertiary/aromatic N) is 2. The number of aliphatic imine (C=N–C) groups is 1. The van der Waals surface area contributed by atoms with E-state index in [9.17, 15) is 29.3 Å². The summed E-state index contributed by atoms with van der Waals surface area (Å²) in [5.41, 5.74) is 0.860. The zero-order valence-corrected chi connectivity index (χ0v) is 22.4. The molecular weight excluding hydrogens is 518 g/mol. The van der Waals surface area contributed by atoms with Crippen LogP contribution in [0.5, 0.6) is 0 Å². The molecule has 3 atom stereocenters. The number of non-ortho nitro benzene ring substituents is 1. The van der Waals surface area contributed by atoms with Crippen LogP contribution in [0.25, 0.3) is 0 Å². The van der Waals surface area contributed by atoms with Gasteiger partial charge < -0.3 is 19.5 Å². The minimum Gasteiger partial charge on any atom is -0.465 e. The van der Waals surface area contributed by atoms with Crippen molar-refractivity contribution in [2.45, 2.75) is 39.7 Å². The number of hydrogen-bond donors (Lipinski definition) is 1. The fourth-order valence-corrected chi connectivity index (χ4v) is 5.01. The molecule has 2 rings (SSSR count). The van der Waals surface area contributed by atoms with Crippen LogP contribution < -0.4 is 5.32 Å². The van der Waals surface area contributed by atoms with E-state index in [0.29, 0.717) is 17.7 Å². The molecule has 0 spiro atoms. The molecule has 3 unspecified atom stereocenters. The van der Waals surface area contributed by atoms with Crippen LogP contribution in [0.4, 0.5) is 5.69 Å². The monoisotopic (exact) mass is 549 g/mol. The highest BCUT2D eigenvalue weighted by Crippen LogP contribution is 2.41. The van der Waals surface area contributed by atoms with Crippen LogP contribution in [0.15, 0.2) is 40.5 Å². The van der Waals surface area contributed by atoms with Crippen LogP contribution in [0.1, 0.15) is 39.2 Å². The van der Waals surface area contributed by atoms with Crippen molar-refractivity contribution in [1.29, 1.82) is 0 Å². The second-order valence-corrected chi connectivity index (χ2v) is 9.03. The van der Waals surface area contributed by atoms with Gasteiger partial charge >= 0.3 is 17.9 Å². The van der Waals surface area contributed by atoms with Crippen molar-refractivity contribution in [3.63, 3.8) is 0 Å². The lowest BCUT2D eigenvalue weighted by Gasteiger charge is -2.32. The molecule has 1 amide bonds. The third-order valence-electron chi connectivity index (χ3n) is 5.56. The quantitative estimate of drug-likeness (QED) is 0.120. The summed E-state index contributed by atoms with van der Waals surface area (Å²) in [5.74, 6) is -3.71. The van der Waals surface area contributed by atoms with Crippen molar-refractivity contribution in [2.75, 3.05) is 31.3 Å². The lowest BCUT2D eigenvalue weighted by Crippen LogP contribution is -2.39. The minimum absolute atomic E-state index is 0.0470. The van der Waals surface area contributed by atoms with Crippen LogP contribution >= 0.6 is 11.8 Å². The summed E-state index contributed by atoms with van der Waals surface area (Å²) >= 11 is 1.21. The highest BCUT2D eigenvalue weighted by atomic mass is 32.2. The fourth-order valence-electron chi connectivity index (χ4n) is 4.01. The Morgan fingerprint density at radius 1 is 1.16 bits per heavy atom. The number of nitro benzene ring substituents is 1. The molecule has 1 heterocycles. The molecule has 1 aliphatic heterocycles. The number of thioether (sulfide) groups is 1. The number of ether oxygens (including phenoxy) is 3. The van der Waals surface area contributed by atoms with E-state index in [1.54, 1.807) is 33.8 Å². The molecule has 38 heavy (non-hydrogen) atoms. The third-order valence-corrected chi connectivity index (χ3v) is 6.60. The summed E-state index contributed by atoms with van der Waals surface area (Å²) in [6, 6.07) is 4.77. The average molecular weight is 550 g/mol. The van der Waals surface area contributed by atoms with Crippen molar-refractivity contribution >= 4 is 47.5 Å². The molecule has 0 saturated heterocycles. The largest absolute Gasteiger partial charge is 0.465 e. The van der Waals surface area contributed by atoms with Gasteiger partial charge in [-0.05, 0) is 33.3 Å². The van der Waals surface area contributed by atoms with E-state index in [-0.39, 0.29) is 48.3 Å². The summed E-state index contributed by atoms with van der Waals surface area (Å²) < 4.78 is 15.6. The van der Waals surface area contributed by atoms with E-state index >= 15 is 0 Å². The van der Waals surface area contributed by atoms with Crippen LogP contribution in [-0.4, -0.2) is 72.3 Å². The van der Waals surface area contributed by atoms with Gasteiger partial charge in [0, 0.05) is 35.3 Å². The van der Waals surface area contributed by atoms with Crippen molar-refractivity contribution in [3.05, 3.63) is 51.2 Å². The second kappa shape index (κ2) is 14.9. The Balaban J connectivity index is 2.58. The summed E-state index contributed by atoms with van der Waals surface area (Å²) in [6.07, 6.45) is 0.399. The summed E-state index contributed by atoms with van der Waals surface area (Å²) in [4.78, 5) is 64.9. The Morgan fingerprint density at radius 2 is 1.84 bits per heavy atom. The topological polar surface area (TPSA) is 164 Å². The number of hydrogen-bond acceptors (Lipinski definition) is 11. The Bertz CT molecular complexity index is 1120. The van der Waals surface area contributed by atoms with Crippen LogP contribution in [0, 0.1) is 16.0 Å². The van der Waals surface area contributed by atoms with Gasteiger partial charge in [0.25, 0.3) is 5.69 Å². The molecule has 13 heteroatoms. The van der Waals surface area contributed by atoms with E-state index in [1.165, 1.54) is 30.0 Å². The van der Waals surface area contributed by atoms with Gasteiger partial charge in [0.15, 0.2) is 0 Å². The Labute approximate surface area is 224 Å². The van der Waals surface area contributed by atoms with Gasteiger partial charge in [-0.2, -0.15) is 11.8 Å². The zero-order valence-electron chi connectivity index (χ0n) is 21.6. The maximum atomic E-state index is 13.3. The normalized spacial score (nSPS) is 17.6. The summed E-state index contributed by atoms with van der Waals surface area (Å²) in [6.45, 7) is 6.82. The Morgan fingerprint density at radius 3 is 2.45 bits per heavy atom.